The first-order chi connectivity index (χ1) is 9.70. The summed E-state index contributed by atoms with van der Waals surface area (Å²) in [7, 11) is -3.91. The number of anilines is 1. The van der Waals surface area contributed by atoms with E-state index in [1.165, 1.54) is 35.6 Å². The third-order valence-corrected chi connectivity index (χ3v) is 6.73. The SMILES string of the molecule is O=C(O)c1cc(Cl)ccc1NS(=O)(=O)c1cc(Br)sc1Br. The van der Waals surface area contributed by atoms with Gasteiger partial charge in [-0.1, -0.05) is 11.6 Å². The number of rotatable bonds is 4. The van der Waals surface area contributed by atoms with Crippen LogP contribution in [0.5, 0.6) is 0 Å². The predicted molar refractivity (Wildman–Crippen MR) is 88.9 cm³/mol. The largest absolute Gasteiger partial charge is 0.478 e. The fraction of sp³-hybridized carbons (Fsp3) is 0. The second-order valence-electron chi connectivity index (χ2n) is 3.79. The van der Waals surface area contributed by atoms with Gasteiger partial charge in [-0.2, -0.15) is 0 Å². The van der Waals surface area contributed by atoms with Crippen LogP contribution in [0.3, 0.4) is 0 Å². The lowest BCUT2D eigenvalue weighted by molar-refractivity contribution is 0.0698. The van der Waals surface area contributed by atoms with Gasteiger partial charge in [-0.25, -0.2) is 13.2 Å². The molecule has 2 aromatic rings. The average Bonchev–Trinajstić information content (AvgIpc) is 2.71. The van der Waals surface area contributed by atoms with Crippen LogP contribution < -0.4 is 4.72 Å². The van der Waals surface area contributed by atoms with Crippen LogP contribution in [0, 0.1) is 0 Å². The molecule has 0 bridgehead atoms. The van der Waals surface area contributed by atoms with Gasteiger partial charge in [0.05, 0.1) is 18.8 Å². The van der Waals surface area contributed by atoms with Crippen LogP contribution in [-0.2, 0) is 10.0 Å². The molecule has 112 valence electrons. The molecule has 5 nitrogen and oxygen atoms in total. The molecule has 2 N–H and O–H groups in total. The number of hydrogen-bond acceptors (Lipinski definition) is 4. The van der Waals surface area contributed by atoms with E-state index in [0.717, 1.165) is 0 Å². The molecule has 21 heavy (non-hydrogen) atoms. The van der Waals surface area contributed by atoms with E-state index in [1.54, 1.807) is 0 Å². The lowest BCUT2D eigenvalue weighted by atomic mass is 10.2. The van der Waals surface area contributed by atoms with E-state index in [4.69, 9.17) is 16.7 Å². The first kappa shape index (κ1) is 16.8. The number of thiophene rings is 1. The van der Waals surface area contributed by atoms with Crippen molar-refractivity contribution in [2.45, 2.75) is 4.90 Å². The summed E-state index contributed by atoms with van der Waals surface area (Å²) in [5, 5.41) is 9.31. The van der Waals surface area contributed by atoms with Gasteiger partial charge in [0.1, 0.15) is 4.90 Å². The monoisotopic (exact) mass is 473 g/mol. The number of hydrogen-bond donors (Lipinski definition) is 2. The lowest BCUT2D eigenvalue weighted by Gasteiger charge is -2.10. The molecule has 0 radical (unpaired) electrons. The summed E-state index contributed by atoms with van der Waals surface area (Å²) in [5.41, 5.74) is -0.280. The fourth-order valence-electron chi connectivity index (χ4n) is 1.49. The highest BCUT2D eigenvalue weighted by Gasteiger charge is 2.23. The van der Waals surface area contributed by atoms with E-state index >= 15 is 0 Å². The Bertz CT molecular complexity index is 820. The van der Waals surface area contributed by atoms with Crippen LogP contribution in [0.15, 0.2) is 36.7 Å². The molecule has 1 aromatic heterocycles. The summed E-state index contributed by atoms with van der Waals surface area (Å²) in [4.78, 5) is 11.2. The highest BCUT2D eigenvalue weighted by molar-refractivity contribution is 9.12. The van der Waals surface area contributed by atoms with E-state index in [-0.39, 0.29) is 21.2 Å². The van der Waals surface area contributed by atoms with Crippen molar-refractivity contribution in [1.82, 2.24) is 0 Å². The fourth-order valence-corrected chi connectivity index (χ4v) is 6.56. The molecule has 0 atom stereocenters. The Kier molecular flexibility index (Phi) is 4.99. The highest BCUT2D eigenvalue weighted by Crippen LogP contribution is 2.36. The molecule has 0 saturated heterocycles. The van der Waals surface area contributed by atoms with Crippen LogP contribution in [0.1, 0.15) is 10.4 Å². The third-order valence-electron chi connectivity index (χ3n) is 2.37. The topological polar surface area (TPSA) is 83.5 Å². The standard InChI is InChI=1S/C11H6Br2ClNO4S2/c12-9-4-8(10(13)20-9)21(18,19)15-7-2-1-5(14)3-6(7)11(16)17/h1-4,15H,(H,16,17). The van der Waals surface area contributed by atoms with Crippen LogP contribution in [0.2, 0.25) is 5.02 Å². The molecule has 0 aliphatic heterocycles. The van der Waals surface area contributed by atoms with Crippen LogP contribution >= 0.6 is 54.8 Å². The maximum atomic E-state index is 12.3. The van der Waals surface area contributed by atoms with Gasteiger partial charge in [-0.05, 0) is 56.1 Å². The quantitative estimate of drug-likeness (QED) is 0.686. The Hall–Kier alpha value is -0.610. The Morgan fingerprint density at radius 2 is 1.95 bits per heavy atom. The number of halogens is 3. The molecule has 0 amide bonds. The molecule has 0 aliphatic carbocycles. The predicted octanol–water partition coefficient (Wildman–Crippen LogP) is 4.43. The van der Waals surface area contributed by atoms with Gasteiger partial charge in [-0.3, -0.25) is 4.72 Å². The Balaban J connectivity index is 2.47. The van der Waals surface area contributed by atoms with E-state index in [0.29, 0.717) is 7.57 Å². The Morgan fingerprint density at radius 1 is 1.29 bits per heavy atom. The van der Waals surface area contributed by atoms with Crippen molar-refractivity contribution < 1.29 is 18.3 Å². The second-order valence-corrected chi connectivity index (χ2v) is 9.63. The summed E-state index contributed by atoms with van der Waals surface area (Å²) in [5.74, 6) is -1.28. The molecule has 0 spiro atoms. The minimum absolute atomic E-state index is 0.0191. The van der Waals surface area contributed by atoms with Crippen molar-refractivity contribution in [2.75, 3.05) is 4.72 Å². The number of carbonyl (C=O) groups is 1. The zero-order valence-corrected chi connectivity index (χ0v) is 15.5. The summed E-state index contributed by atoms with van der Waals surface area (Å²) in [6, 6.07) is 5.32. The van der Waals surface area contributed by atoms with E-state index in [9.17, 15) is 13.2 Å². The zero-order valence-electron chi connectivity index (χ0n) is 9.93. The van der Waals surface area contributed by atoms with Gasteiger partial charge in [-0.15, -0.1) is 11.3 Å². The highest BCUT2D eigenvalue weighted by atomic mass is 79.9. The van der Waals surface area contributed by atoms with Crippen LogP contribution in [0.4, 0.5) is 5.69 Å². The van der Waals surface area contributed by atoms with Gasteiger partial charge in [0.2, 0.25) is 0 Å². The van der Waals surface area contributed by atoms with E-state index < -0.39 is 16.0 Å². The minimum atomic E-state index is -3.91. The van der Waals surface area contributed by atoms with Crippen molar-refractivity contribution in [3.05, 3.63) is 42.4 Å². The van der Waals surface area contributed by atoms with Gasteiger partial charge in [0, 0.05) is 5.02 Å². The molecule has 1 aromatic carbocycles. The van der Waals surface area contributed by atoms with Gasteiger partial charge >= 0.3 is 5.97 Å². The molecule has 0 fully saturated rings. The number of aromatic carboxylic acids is 1. The van der Waals surface area contributed by atoms with Crippen molar-refractivity contribution in [3.63, 3.8) is 0 Å². The lowest BCUT2D eigenvalue weighted by Crippen LogP contribution is -2.15. The molecule has 0 unspecified atom stereocenters. The molecule has 2 rings (SSSR count). The summed E-state index contributed by atoms with van der Waals surface area (Å²) >= 11 is 13.3. The summed E-state index contributed by atoms with van der Waals surface area (Å²) in [6.07, 6.45) is 0. The molecule has 10 heteroatoms. The third kappa shape index (κ3) is 3.78. The summed E-state index contributed by atoms with van der Waals surface area (Å²) in [6.45, 7) is 0. The van der Waals surface area contributed by atoms with Crippen LogP contribution in [0.25, 0.3) is 0 Å². The van der Waals surface area contributed by atoms with Gasteiger partial charge in [0.25, 0.3) is 10.0 Å². The van der Waals surface area contributed by atoms with Crippen molar-refractivity contribution in [2.24, 2.45) is 0 Å². The minimum Gasteiger partial charge on any atom is -0.478 e. The number of carboxylic acids is 1. The normalized spacial score (nSPS) is 11.4. The first-order valence-corrected chi connectivity index (χ1v) is 9.47. The van der Waals surface area contributed by atoms with Crippen molar-refractivity contribution >= 4 is 76.5 Å². The molecular formula is C11H6Br2ClNO4S2. The zero-order chi connectivity index (χ0) is 15.8. The van der Waals surface area contributed by atoms with Crippen LogP contribution in [-0.4, -0.2) is 19.5 Å². The molecular weight excluding hydrogens is 470 g/mol. The number of carboxylic acid groups (broad SMARTS) is 1. The number of nitrogens with one attached hydrogen (secondary N) is 1. The Morgan fingerprint density at radius 3 is 2.48 bits per heavy atom. The Labute approximate surface area is 146 Å². The van der Waals surface area contributed by atoms with Crippen molar-refractivity contribution in [3.8, 4) is 0 Å². The maximum Gasteiger partial charge on any atom is 0.337 e. The maximum absolute atomic E-state index is 12.3. The van der Waals surface area contributed by atoms with E-state index in [1.807, 2.05) is 0 Å². The molecule has 0 saturated carbocycles. The summed E-state index contributed by atoms with van der Waals surface area (Å²) < 4.78 is 27.9. The second kappa shape index (κ2) is 6.25. The average molecular weight is 476 g/mol. The first-order valence-electron chi connectivity index (χ1n) is 5.21. The van der Waals surface area contributed by atoms with E-state index in [2.05, 4.69) is 36.6 Å². The number of sulfonamides is 1. The molecule has 1 heterocycles. The van der Waals surface area contributed by atoms with Crippen molar-refractivity contribution in [1.29, 1.82) is 0 Å². The van der Waals surface area contributed by atoms with Gasteiger partial charge < -0.3 is 5.11 Å². The number of benzene rings is 1. The smallest absolute Gasteiger partial charge is 0.337 e. The van der Waals surface area contributed by atoms with Gasteiger partial charge in [0.15, 0.2) is 0 Å². The molecule has 0 aliphatic rings.